The zero-order valence-corrected chi connectivity index (χ0v) is 14.7. The van der Waals surface area contributed by atoms with Crippen molar-refractivity contribution >= 4 is 23.5 Å². The maximum Gasteiger partial charge on any atom is 0.0268 e. The molecule has 0 unspecified atom stereocenters. The Balaban J connectivity index is 1.74. The van der Waals surface area contributed by atoms with Crippen molar-refractivity contribution in [2.75, 3.05) is 0 Å². The highest BCUT2D eigenvalue weighted by Gasteiger charge is 2.36. The molecule has 0 N–H and O–H groups in total. The SMILES string of the molecule is CC1(C)c2ccccc2-c2cc3c(cc21)Sc1ccccc1S3. The molecule has 5 rings (SSSR count). The molecule has 112 valence electrons. The third kappa shape index (κ3) is 1.88. The number of benzene rings is 3. The highest BCUT2D eigenvalue weighted by atomic mass is 32.2. The van der Waals surface area contributed by atoms with Crippen molar-refractivity contribution in [2.45, 2.75) is 38.8 Å². The highest BCUT2D eigenvalue weighted by Crippen LogP contribution is 2.55. The molecule has 3 aromatic carbocycles. The summed E-state index contributed by atoms with van der Waals surface area (Å²) >= 11 is 3.81. The fourth-order valence-electron chi connectivity index (χ4n) is 3.72. The van der Waals surface area contributed by atoms with Gasteiger partial charge in [-0.25, -0.2) is 0 Å². The van der Waals surface area contributed by atoms with Gasteiger partial charge in [0.05, 0.1) is 0 Å². The summed E-state index contributed by atoms with van der Waals surface area (Å²) in [5.41, 5.74) is 5.81. The summed E-state index contributed by atoms with van der Waals surface area (Å²) in [4.78, 5) is 5.53. The lowest BCUT2D eigenvalue weighted by Crippen LogP contribution is -2.15. The molecule has 0 saturated carbocycles. The van der Waals surface area contributed by atoms with Crippen LogP contribution >= 0.6 is 23.5 Å². The van der Waals surface area contributed by atoms with Crippen LogP contribution in [0.15, 0.2) is 80.2 Å². The second-order valence-corrected chi connectivity index (χ2v) is 8.83. The minimum absolute atomic E-state index is 0.0865. The molecular formula is C21H16S2. The van der Waals surface area contributed by atoms with E-state index in [0.29, 0.717) is 0 Å². The topological polar surface area (TPSA) is 0 Å². The van der Waals surface area contributed by atoms with E-state index in [1.807, 2.05) is 23.5 Å². The average Bonchev–Trinajstić information content (AvgIpc) is 2.79. The van der Waals surface area contributed by atoms with Crippen LogP contribution < -0.4 is 0 Å². The molecule has 1 heterocycles. The van der Waals surface area contributed by atoms with Crippen molar-refractivity contribution < 1.29 is 0 Å². The fraction of sp³-hybridized carbons (Fsp3) is 0.143. The van der Waals surface area contributed by atoms with Crippen molar-refractivity contribution in [1.29, 1.82) is 0 Å². The van der Waals surface area contributed by atoms with Crippen molar-refractivity contribution in [1.82, 2.24) is 0 Å². The lowest BCUT2D eigenvalue weighted by atomic mass is 9.82. The Bertz CT molecular complexity index is 954. The van der Waals surface area contributed by atoms with Crippen LogP contribution in [0.2, 0.25) is 0 Å². The van der Waals surface area contributed by atoms with E-state index in [-0.39, 0.29) is 5.41 Å². The van der Waals surface area contributed by atoms with Gasteiger partial charge in [-0.2, -0.15) is 0 Å². The van der Waals surface area contributed by atoms with E-state index in [1.54, 1.807) is 0 Å². The lowest BCUT2D eigenvalue weighted by Gasteiger charge is -2.24. The number of hydrogen-bond donors (Lipinski definition) is 0. The van der Waals surface area contributed by atoms with Gasteiger partial charge < -0.3 is 0 Å². The first kappa shape index (κ1) is 13.8. The van der Waals surface area contributed by atoms with Crippen LogP contribution in [-0.4, -0.2) is 0 Å². The van der Waals surface area contributed by atoms with Crippen molar-refractivity contribution in [3.63, 3.8) is 0 Å². The molecular weight excluding hydrogens is 316 g/mol. The van der Waals surface area contributed by atoms with Gasteiger partial charge in [0.2, 0.25) is 0 Å². The van der Waals surface area contributed by atoms with Crippen LogP contribution in [0.4, 0.5) is 0 Å². The summed E-state index contributed by atoms with van der Waals surface area (Å²) in [6.07, 6.45) is 0. The molecule has 0 aromatic heterocycles. The van der Waals surface area contributed by atoms with E-state index < -0.39 is 0 Å². The molecule has 2 aliphatic rings. The standard InChI is InChI=1S/C21H16S2/c1-21(2)15-8-4-3-7-13(15)14-11-19-20(12-16(14)21)23-18-10-6-5-9-17(18)22-19/h3-12H,1-2H3. The van der Waals surface area contributed by atoms with Crippen molar-refractivity contribution in [3.05, 3.63) is 71.8 Å². The maximum absolute atomic E-state index is 2.43. The zero-order valence-electron chi connectivity index (χ0n) is 13.1. The molecule has 0 saturated heterocycles. The van der Waals surface area contributed by atoms with Gasteiger partial charge in [-0.3, -0.25) is 0 Å². The summed E-state index contributed by atoms with van der Waals surface area (Å²) in [6.45, 7) is 4.69. The molecule has 3 aromatic rings. The average molecular weight is 332 g/mol. The molecule has 1 aliphatic heterocycles. The van der Waals surface area contributed by atoms with Crippen LogP contribution in [-0.2, 0) is 5.41 Å². The number of fused-ring (bicyclic) bond motifs is 5. The van der Waals surface area contributed by atoms with Crippen LogP contribution in [0.5, 0.6) is 0 Å². The number of hydrogen-bond acceptors (Lipinski definition) is 2. The highest BCUT2D eigenvalue weighted by molar-refractivity contribution is 8.05. The lowest BCUT2D eigenvalue weighted by molar-refractivity contribution is 0.657. The van der Waals surface area contributed by atoms with Gasteiger partial charge in [-0.1, -0.05) is 73.8 Å². The largest absolute Gasteiger partial charge is 0.0877 e. The summed E-state index contributed by atoms with van der Waals surface area (Å²) in [5, 5.41) is 0. The Hall–Kier alpha value is -1.64. The van der Waals surface area contributed by atoms with Gasteiger partial charge in [0.1, 0.15) is 0 Å². The van der Waals surface area contributed by atoms with E-state index >= 15 is 0 Å². The van der Waals surface area contributed by atoms with E-state index in [4.69, 9.17) is 0 Å². The first-order valence-corrected chi connectivity index (χ1v) is 9.51. The zero-order chi connectivity index (χ0) is 15.6. The Morgan fingerprint density at radius 1 is 0.609 bits per heavy atom. The van der Waals surface area contributed by atoms with Gasteiger partial charge in [-0.05, 0) is 46.5 Å². The third-order valence-electron chi connectivity index (χ3n) is 4.94. The first-order valence-electron chi connectivity index (χ1n) is 7.88. The Labute approximate surface area is 145 Å². The van der Waals surface area contributed by atoms with Crippen LogP contribution in [0, 0.1) is 0 Å². The molecule has 0 atom stereocenters. The summed E-state index contributed by atoms with van der Waals surface area (Å²) in [5.74, 6) is 0. The summed E-state index contributed by atoms with van der Waals surface area (Å²) in [6, 6.07) is 22.4. The smallest absolute Gasteiger partial charge is 0.0268 e. The van der Waals surface area contributed by atoms with E-state index in [2.05, 4.69) is 74.5 Å². The molecule has 2 heteroatoms. The van der Waals surface area contributed by atoms with E-state index in [9.17, 15) is 0 Å². The molecule has 0 bridgehead atoms. The molecule has 1 aliphatic carbocycles. The van der Waals surface area contributed by atoms with Gasteiger partial charge in [0.25, 0.3) is 0 Å². The van der Waals surface area contributed by atoms with Gasteiger partial charge >= 0.3 is 0 Å². The third-order valence-corrected chi connectivity index (χ3v) is 7.46. The predicted molar refractivity (Wildman–Crippen MR) is 98.7 cm³/mol. The first-order chi connectivity index (χ1) is 11.1. The second-order valence-electron chi connectivity index (χ2n) is 6.67. The summed E-state index contributed by atoms with van der Waals surface area (Å²) in [7, 11) is 0. The van der Waals surface area contributed by atoms with Gasteiger partial charge in [0.15, 0.2) is 0 Å². The second kappa shape index (κ2) is 4.68. The minimum atomic E-state index is 0.0865. The van der Waals surface area contributed by atoms with Crippen LogP contribution in [0.25, 0.3) is 11.1 Å². The summed E-state index contributed by atoms with van der Waals surface area (Å²) < 4.78 is 0. The fourth-order valence-corrected chi connectivity index (χ4v) is 6.00. The molecule has 23 heavy (non-hydrogen) atoms. The molecule has 0 amide bonds. The maximum atomic E-state index is 2.43. The van der Waals surface area contributed by atoms with Crippen molar-refractivity contribution in [3.8, 4) is 11.1 Å². The Morgan fingerprint density at radius 2 is 1.22 bits per heavy atom. The molecule has 0 spiro atoms. The number of rotatable bonds is 0. The minimum Gasteiger partial charge on any atom is -0.0877 e. The molecule has 0 radical (unpaired) electrons. The van der Waals surface area contributed by atoms with Crippen molar-refractivity contribution in [2.24, 2.45) is 0 Å². The monoisotopic (exact) mass is 332 g/mol. The quantitative estimate of drug-likeness (QED) is 0.355. The Morgan fingerprint density at radius 3 is 1.96 bits per heavy atom. The van der Waals surface area contributed by atoms with Gasteiger partial charge in [0, 0.05) is 25.0 Å². The van der Waals surface area contributed by atoms with Crippen LogP contribution in [0.3, 0.4) is 0 Å². The Kier molecular flexibility index (Phi) is 2.80. The molecule has 0 fully saturated rings. The predicted octanol–water partition coefficient (Wildman–Crippen LogP) is 6.61. The van der Waals surface area contributed by atoms with E-state index in [1.165, 1.54) is 41.8 Å². The van der Waals surface area contributed by atoms with Crippen LogP contribution in [0.1, 0.15) is 25.0 Å². The molecule has 0 nitrogen and oxygen atoms in total. The van der Waals surface area contributed by atoms with Gasteiger partial charge in [-0.15, -0.1) is 0 Å². The normalized spacial score (nSPS) is 16.3. The van der Waals surface area contributed by atoms with E-state index in [0.717, 1.165) is 0 Å².